The first kappa shape index (κ1) is 16.4. The second-order valence-corrected chi connectivity index (χ2v) is 6.41. The van der Waals surface area contributed by atoms with Gasteiger partial charge in [0, 0.05) is 25.7 Å². The highest BCUT2D eigenvalue weighted by Gasteiger charge is 2.28. The van der Waals surface area contributed by atoms with Crippen LogP contribution < -0.4 is 0 Å². The van der Waals surface area contributed by atoms with Crippen molar-refractivity contribution in [2.24, 2.45) is 17.8 Å². The molecule has 0 saturated heterocycles. The molecule has 110 valence electrons. The Kier molecular flexibility index (Phi) is 7.33. The summed E-state index contributed by atoms with van der Waals surface area (Å²) >= 11 is 0. The first-order valence-electron chi connectivity index (χ1n) is 8.10. The summed E-state index contributed by atoms with van der Waals surface area (Å²) < 4.78 is 0. The van der Waals surface area contributed by atoms with Crippen molar-refractivity contribution in [1.82, 2.24) is 0 Å². The van der Waals surface area contributed by atoms with E-state index in [9.17, 15) is 9.59 Å². The highest BCUT2D eigenvalue weighted by atomic mass is 16.1. The molecular weight excluding hydrogens is 236 g/mol. The highest BCUT2D eigenvalue weighted by Crippen LogP contribution is 2.31. The van der Waals surface area contributed by atoms with Crippen LogP contribution in [0.4, 0.5) is 0 Å². The van der Waals surface area contributed by atoms with E-state index >= 15 is 0 Å². The van der Waals surface area contributed by atoms with Crippen molar-refractivity contribution in [3.05, 3.63) is 0 Å². The van der Waals surface area contributed by atoms with Crippen molar-refractivity contribution in [3.8, 4) is 0 Å². The van der Waals surface area contributed by atoms with E-state index in [0.29, 0.717) is 23.4 Å². The van der Waals surface area contributed by atoms with Gasteiger partial charge < -0.3 is 0 Å². The molecule has 0 amide bonds. The quantitative estimate of drug-likeness (QED) is 0.747. The van der Waals surface area contributed by atoms with Gasteiger partial charge in [-0.05, 0) is 24.2 Å². The maximum atomic E-state index is 10.9. The fourth-order valence-electron chi connectivity index (χ4n) is 3.41. The van der Waals surface area contributed by atoms with E-state index in [1.165, 1.54) is 25.7 Å². The topological polar surface area (TPSA) is 34.1 Å². The van der Waals surface area contributed by atoms with Crippen LogP contribution in [0.25, 0.3) is 0 Å². The summed E-state index contributed by atoms with van der Waals surface area (Å²) in [6.45, 7) is 6.57. The third-order valence-electron chi connectivity index (χ3n) is 4.55. The van der Waals surface area contributed by atoms with Crippen LogP contribution in [0.15, 0.2) is 0 Å². The van der Waals surface area contributed by atoms with Crippen LogP contribution in [0.1, 0.15) is 78.6 Å². The van der Waals surface area contributed by atoms with Gasteiger partial charge in [-0.25, -0.2) is 0 Å². The van der Waals surface area contributed by atoms with Crippen molar-refractivity contribution >= 4 is 11.6 Å². The van der Waals surface area contributed by atoms with E-state index < -0.39 is 0 Å². The number of carbonyl (C=O) groups is 2. The molecule has 2 heteroatoms. The van der Waals surface area contributed by atoms with Crippen molar-refractivity contribution in [2.45, 2.75) is 78.6 Å². The zero-order chi connectivity index (χ0) is 14.3. The second kappa shape index (κ2) is 8.50. The molecule has 0 aliphatic heterocycles. The molecule has 2 nitrogen and oxygen atoms in total. The van der Waals surface area contributed by atoms with Crippen LogP contribution in [0.3, 0.4) is 0 Å². The van der Waals surface area contributed by atoms with E-state index in [2.05, 4.69) is 20.8 Å². The summed E-state index contributed by atoms with van der Waals surface area (Å²) in [5, 5.41) is 0. The predicted molar refractivity (Wildman–Crippen MR) is 79.1 cm³/mol. The minimum absolute atomic E-state index is 0.478. The fraction of sp³-hybridized carbons (Fsp3) is 0.882. The number of Topliss-reactive ketones (excluding diaryl/α,β-unsaturated/α-hetero) is 2. The third kappa shape index (κ3) is 5.88. The van der Waals surface area contributed by atoms with Crippen LogP contribution in [0.5, 0.6) is 0 Å². The van der Waals surface area contributed by atoms with E-state index in [-0.39, 0.29) is 0 Å². The van der Waals surface area contributed by atoms with Crippen LogP contribution >= 0.6 is 0 Å². The first-order chi connectivity index (χ1) is 9.06. The second-order valence-electron chi connectivity index (χ2n) is 6.41. The van der Waals surface area contributed by atoms with Gasteiger partial charge in [0.05, 0.1) is 0 Å². The van der Waals surface area contributed by atoms with Gasteiger partial charge >= 0.3 is 0 Å². The SMILES string of the molecule is CCC[C@@H]1CCC(=O)C1.CCC[C@H]1CC(=O)C[C@@H]1C. The molecule has 0 aromatic carbocycles. The predicted octanol–water partition coefficient (Wildman–Crippen LogP) is 4.56. The van der Waals surface area contributed by atoms with Crippen molar-refractivity contribution in [3.63, 3.8) is 0 Å². The molecule has 2 aliphatic rings. The molecular formula is C17H30O2. The maximum absolute atomic E-state index is 10.9. The van der Waals surface area contributed by atoms with Crippen molar-refractivity contribution < 1.29 is 9.59 Å². The Morgan fingerprint density at radius 3 is 2.05 bits per heavy atom. The molecule has 3 atom stereocenters. The molecule has 0 heterocycles. The standard InChI is InChI=1S/C9H16O.C8H14O/c1-3-4-8-6-9(10)5-7(8)2;1-2-3-7-4-5-8(9)6-7/h7-8H,3-6H2,1-2H3;7H,2-6H2,1H3/t7-,8-;7-/m01/s1. The molecule has 0 spiro atoms. The third-order valence-corrected chi connectivity index (χ3v) is 4.55. The Labute approximate surface area is 118 Å². The van der Waals surface area contributed by atoms with Crippen LogP contribution in [0, 0.1) is 17.8 Å². The lowest BCUT2D eigenvalue weighted by Gasteiger charge is -2.11. The normalized spacial score (nSPS) is 30.4. The molecule has 2 fully saturated rings. The monoisotopic (exact) mass is 266 g/mol. The molecule has 0 N–H and O–H groups in total. The lowest BCUT2D eigenvalue weighted by Crippen LogP contribution is -2.02. The van der Waals surface area contributed by atoms with Gasteiger partial charge in [-0.3, -0.25) is 9.59 Å². The van der Waals surface area contributed by atoms with E-state index in [1.807, 2.05) is 0 Å². The average molecular weight is 266 g/mol. The smallest absolute Gasteiger partial charge is 0.133 e. The molecule has 2 saturated carbocycles. The van der Waals surface area contributed by atoms with Gasteiger partial charge in [0.25, 0.3) is 0 Å². The lowest BCUT2D eigenvalue weighted by molar-refractivity contribution is -0.118. The Bertz CT molecular complexity index is 296. The Morgan fingerprint density at radius 2 is 1.63 bits per heavy atom. The minimum Gasteiger partial charge on any atom is -0.300 e. The highest BCUT2D eigenvalue weighted by molar-refractivity contribution is 5.81. The van der Waals surface area contributed by atoms with Crippen LogP contribution in [-0.2, 0) is 9.59 Å². The van der Waals surface area contributed by atoms with Crippen LogP contribution in [-0.4, -0.2) is 11.6 Å². The lowest BCUT2D eigenvalue weighted by atomic mass is 9.94. The van der Waals surface area contributed by atoms with Gasteiger partial charge in [0.1, 0.15) is 11.6 Å². The molecule has 19 heavy (non-hydrogen) atoms. The van der Waals surface area contributed by atoms with E-state index in [4.69, 9.17) is 0 Å². The fourth-order valence-corrected chi connectivity index (χ4v) is 3.41. The Balaban J connectivity index is 0.000000191. The number of rotatable bonds is 4. The minimum atomic E-state index is 0.478. The number of hydrogen-bond donors (Lipinski definition) is 0. The van der Waals surface area contributed by atoms with Gasteiger partial charge in [0.15, 0.2) is 0 Å². The van der Waals surface area contributed by atoms with Crippen molar-refractivity contribution in [2.75, 3.05) is 0 Å². The Morgan fingerprint density at radius 1 is 0.947 bits per heavy atom. The van der Waals surface area contributed by atoms with E-state index in [0.717, 1.165) is 38.0 Å². The molecule has 0 radical (unpaired) electrons. The summed E-state index contributed by atoms with van der Waals surface area (Å²) in [7, 11) is 0. The van der Waals surface area contributed by atoms with Gasteiger partial charge in [-0.2, -0.15) is 0 Å². The van der Waals surface area contributed by atoms with Crippen LogP contribution in [0.2, 0.25) is 0 Å². The number of carbonyl (C=O) groups excluding carboxylic acids is 2. The Hall–Kier alpha value is -0.660. The summed E-state index contributed by atoms with van der Waals surface area (Å²) in [4.78, 5) is 21.7. The molecule has 0 bridgehead atoms. The van der Waals surface area contributed by atoms with Crippen molar-refractivity contribution in [1.29, 1.82) is 0 Å². The van der Waals surface area contributed by atoms with Gasteiger partial charge in [0.2, 0.25) is 0 Å². The summed E-state index contributed by atoms with van der Waals surface area (Å²) in [6, 6.07) is 0. The summed E-state index contributed by atoms with van der Waals surface area (Å²) in [6.07, 6.45) is 9.53. The van der Waals surface area contributed by atoms with Gasteiger partial charge in [-0.15, -0.1) is 0 Å². The average Bonchev–Trinajstić information content (AvgIpc) is 2.88. The van der Waals surface area contributed by atoms with E-state index in [1.54, 1.807) is 0 Å². The summed E-state index contributed by atoms with van der Waals surface area (Å²) in [5.74, 6) is 3.06. The molecule has 2 rings (SSSR count). The maximum Gasteiger partial charge on any atom is 0.133 e. The van der Waals surface area contributed by atoms with Gasteiger partial charge in [-0.1, -0.05) is 46.5 Å². The largest absolute Gasteiger partial charge is 0.300 e. The number of ketones is 2. The first-order valence-corrected chi connectivity index (χ1v) is 8.10. The molecule has 2 aliphatic carbocycles. The zero-order valence-corrected chi connectivity index (χ0v) is 12.9. The molecule has 0 unspecified atom stereocenters. The molecule has 0 aromatic rings. The zero-order valence-electron chi connectivity index (χ0n) is 12.9. The summed E-state index contributed by atoms with van der Waals surface area (Å²) in [5.41, 5.74) is 0. The number of hydrogen-bond acceptors (Lipinski definition) is 2. The molecule has 0 aromatic heterocycles.